The number of alkyl halides is 3. The van der Waals surface area contributed by atoms with Gasteiger partial charge < -0.3 is 14.2 Å². The molecule has 37 heavy (non-hydrogen) atoms. The van der Waals surface area contributed by atoms with Crippen LogP contribution in [0.15, 0.2) is 93.5 Å². The first-order valence-electron chi connectivity index (χ1n) is 11.3. The van der Waals surface area contributed by atoms with Gasteiger partial charge in [-0.15, -0.1) is 11.6 Å². The molecule has 6 nitrogen and oxygen atoms in total. The number of halogens is 3. The van der Waals surface area contributed by atoms with E-state index in [2.05, 4.69) is 0 Å². The second-order valence-electron chi connectivity index (χ2n) is 8.56. The van der Waals surface area contributed by atoms with Gasteiger partial charge in [-0.3, -0.25) is 4.55 Å². The van der Waals surface area contributed by atoms with E-state index in [-0.39, 0.29) is 11.9 Å². The van der Waals surface area contributed by atoms with Crippen molar-refractivity contribution in [1.82, 2.24) is 0 Å². The Morgan fingerprint density at radius 1 is 1.05 bits per heavy atom. The van der Waals surface area contributed by atoms with Crippen LogP contribution >= 0.6 is 11.6 Å². The molecule has 4 unspecified atom stereocenters. The standard InChI is InChI=1S/C26H25ClF2O6S2/c1-18(26(28,29)37(30,31)32)34-20-10-14-24(15-11-20)36(22-6-4-3-5-7-22)23-12-8-19(9-13-23)25(2)33-17-21(16-27)35-25/h3-15,18,21H,16-17H2,1-2H3/p+1. The molecule has 1 heterocycles. The molecule has 4 rings (SSSR count). The van der Waals surface area contributed by atoms with E-state index in [1.807, 2.05) is 61.5 Å². The molecule has 0 aromatic heterocycles. The van der Waals surface area contributed by atoms with Crippen LogP contribution in [0.3, 0.4) is 0 Å². The highest BCUT2D eigenvalue weighted by atomic mass is 35.5. The second kappa shape index (κ2) is 10.9. The summed E-state index contributed by atoms with van der Waals surface area (Å²) in [5.74, 6) is -0.496. The minimum Gasteiger partial charge on any atom is -0.483 e. The van der Waals surface area contributed by atoms with Gasteiger partial charge in [0.05, 0.1) is 29.5 Å². The summed E-state index contributed by atoms with van der Waals surface area (Å²) in [7, 11) is -6.16. The maximum atomic E-state index is 13.9. The fraction of sp³-hybridized carbons (Fsp3) is 0.308. The van der Waals surface area contributed by atoms with Gasteiger partial charge >= 0.3 is 15.4 Å². The van der Waals surface area contributed by atoms with Crippen LogP contribution in [0.4, 0.5) is 8.78 Å². The Bertz CT molecular complexity index is 1310. The van der Waals surface area contributed by atoms with Gasteiger partial charge in [0.1, 0.15) is 5.75 Å². The monoisotopic (exact) mass is 571 g/mol. The molecule has 1 N–H and O–H groups in total. The summed E-state index contributed by atoms with van der Waals surface area (Å²) in [6.45, 7) is 3.15. The first-order valence-corrected chi connectivity index (χ1v) is 14.5. The van der Waals surface area contributed by atoms with E-state index in [0.717, 1.165) is 27.2 Å². The SMILES string of the molecule is CC(Oc1ccc([S+](c2ccccc2)c2ccc(C3(C)OCC(CCl)O3)cc2)cc1)C(F)(F)S(=O)(=O)O. The van der Waals surface area contributed by atoms with E-state index in [9.17, 15) is 17.2 Å². The third-order valence-electron chi connectivity index (χ3n) is 5.89. The summed E-state index contributed by atoms with van der Waals surface area (Å²) in [4.78, 5) is 2.93. The summed E-state index contributed by atoms with van der Waals surface area (Å²) in [6, 6.07) is 24.2. The van der Waals surface area contributed by atoms with Crippen LogP contribution in [0, 0.1) is 0 Å². The van der Waals surface area contributed by atoms with Crippen LogP contribution in [0.25, 0.3) is 0 Å². The van der Waals surface area contributed by atoms with Gasteiger partial charge in [0, 0.05) is 5.56 Å². The zero-order chi connectivity index (χ0) is 26.8. The summed E-state index contributed by atoms with van der Waals surface area (Å²) in [5.41, 5.74) is 0.859. The van der Waals surface area contributed by atoms with Crippen LogP contribution in [-0.4, -0.2) is 42.9 Å². The molecule has 0 aliphatic carbocycles. The van der Waals surface area contributed by atoms with Crippen molar-refractivity contribution < 1.29 is 36.0 Å². The minimum atomic E-state index is -5.62. The molecule has 4 atom stereocenters. The van der Waals surface area contributed by atoms with Crippen molar-refractivity contribution in [1.29, 1.82) is 0 Å². The summed E-state index contributed by atoms with van der Waals surface area (Å²) in [5, 5.41) is -4.45. The molecular weight excluding hydrogens is 546 g/mol. The van der Waals surface area contributed by atoms with Gasteiger partial charge in [0.15, 0.2) is 26.6 Å². The lowest BCUT2D eigenvalue weighted by Gasteiger charge is -2.23. The van der Waals surface area contributed by atoms with Crippen LogP contribution < -0.4 is 4.74 Å². The van der Waals surface area contributed by atoms with Crippen molar-refractivity contribution in [2.75, 3.05) is 12.5 Å². The molecule has 11 heteroatoms. The Kier molecular flexibility index (Phi) is 8.18. The molecule has 0 radical (unpaired) electrons. The molecule has 0 amide bonds. The topological polar surface area (TPSA) is 82.1 Å². The molecule has 1 fully saturated rings. The van der Waals surface area contributed by atoms with Crippen molar-refractivity contribution in [3.63, 3.8) is 0 Å². The quantitative estimate of drug-likeness (QED) is 0.197. The van der Waals surface area contributed by atoms with Gasteiger partial charge in [-0.05, 0) is 74.5 Å². The normalized spacial score (nSPS) is 21.9. The predicted octanol–water partition coefficient (Wildman–Crippen LogP) is 5.86. The largest absolute Gasteiger partial charge is 0.483 e. The van der Waals surface area contributed by atoms with Crippen molar-refractivity contribution in [2.24, 2.45) is 0 Å². The maximum absolute atomic E-state index is 13.9. The third kappa shape index (κ3) is 5.94. The highest BCUT2D eigenvalue weighted by Gasteiger charge is 2.51. The first-order chi connectivity index (χ1) is 17.4. The molecule has 198 valence electrons. The zero-order valence-electron chi connectivity index (χ0n) is 20.0. The van der Waals surface area contributed by atoms with Gasteiger partial charge in [0.2, 0.25) is 0 Å². The first kappa shape index (κ1) is 27.8. The van der Waals surface area contributed by atoms with Gasteiger partial charge in [-0.25, -0.2) is 0 Å². The number of hydrogen-bond acceptors (Lipinski definition) is 5. The Morgan fingerprint density at radius 2 is 1.59 bits per heavy atom. The van der Waals surface area contributed by atoms with E-state index in [1.54, 1.807) is 12.1 Å². The lowest BCUT2D eigenvalue weighted by atomic mass is 10.1. The molecule has 1 aliphatic rings. The lowest BCUT2D eigenvalue weighted by molar-refractivity contribution is -0.159. The fourth-order valence-electron chi connectivity index (χ4n) is 3.86. The Morgan fingerprint density at radius 3 is 2.11 bits per heavy atom. The van der Waals surface area contributed by atoms with E-state index >= 15 is 0 Å². The number of benzene rings is 3. The van der Waals surface area contributed by atoms with E-state index in [1.165, 1.54) is 12.1 Å². The Labute approximate surface area is 222 Å². The van der Waals surface area contributed by atoms with Crippen molar-refractivity contribution in [3.8, 4) is 5.75 Å². The highest BCUT2D eigenvalue weighted by molar-refractivity contribution is 7.97. The van der Waals surface area contributed by atoms with E-state index in [4.69, 9.17) is 30.4 Å². The van der Waals surface area contributed by atoms with Crippen LogP contribution in [-0.2, 0) is 36.3 Å². The van der Waals surface area contributed by atoms with Gasteiger partial charge in [0.25, 0.3) is 0 Å². The Hall–Kier alpha value is -2.21. The average Bonchev–Trinajstić information content (AvgIpc) is 3.28. The molecule has 3 aromatic rings. The highest BCUT2D eigenvalue weighted by Crippen LogP contribution is 2.37. The average molecular weight is 572 g/mol. The van der Waals surface area contributed by atoms with Crippen LogP contribution in [0.5, 0.6) is 5.75 Å². The smallest absolute Gasteiger partial charge is 0.405 e. The predicted molar refractivity (Wildman–Crippen MR) is 137 cm³/mol. The third-order valence-corrected chi connectivity index (χ3v) is 9.49. The fourth-order valence-corrected chi connectivity index (χ4v) is 6.54. The zero-order valence-corrected chi connectivity index (χ0v) is 22.4. The van der Waals surface area contributed by atoms with Crippen molar-refractivity contribution in [3.05, 3.63) is 84.4 Å². The molecule has 3 aromatic carbocycles. The van der Waals surface area contributed by atoms with E-state index < -0.39 is 38.2 Å². The molecule has 1 aliphatic heterocycles. The van der Waals surface area contributed by atoms with Gasteiger partial charge in [-0.1, -0.05) is 18.2 Å². The molecule has 0 spiro atoms. The molecule has 0 saturated carbocycles. The molecular formula is C26H26ClF2O6S2+. The Balaban J connectivity index is 1.61. The molecule has 1 saturated heterocycles. The lowest BCUT2D eigenvalue weighted by Crippen LogP contribution is -2.42. The van der Waals surface area contributed by atoms with E-state index in [0.29, 0.717) is 12.5 Å². The van der Waals surface area contributed by atoms with Crippen molar-refractivity contribution in [2.45, 2.75) is 51.8 Å². The number of hydrogen-bond donors (Lipinski definition) is 1. The number of rotatable bonds is 9. The van der Waals surface area contributed by atoms with Crippen LogP contribution in [0.1, 0.15) is 19.4 Å². The van der Waals surface area contributed by atoms with Crippen LogP contribution in [0.2, 0.25) is 0 Å². The summed E-state index contributed by atoms with van der Waals surface area (Å²) < 4.78 is 75.6. The second-order valence-corrected chi connectivity index (χ2v) is 12.4. The summed E-state index contributed by atoms with van der Waals surface area (Å²) in [6.07, 6.45) is -2.26. The minimum absolute atomic E-state index is 0.0452. The van der Waals surface area contributed by atoms with Gasteiger partial charge in [-0.2, -0.15) is 17.2 Å². The van der Waals surface area contributed by atoms with Crippen molar-refractivity contribution >= 4 is 32.6 Å². The summed E-state index contributed by atoms with van der Waals surface area (Å²) >= 11 is 5.92. The number of ether oxygens (including phenoxy) is 3. The molecule has 0 bridgehead atoms. The maximum Gasteiger partial charge on any atom is 0.405 e.